The smallest absolute Gasteiger partial charge is 0.262 e. The maximum absolute atomic E-state index is 13.4. The second kappa shape index (κ2) is 9.68. The molecule has 0 saturated carbocycles. The highest BCUT2D eigenvalue weighted by molar-refractivity contribution is 6.30. The second-order valence-electron chi connectivity index (χ2n) is 7.90. The van der Waals surface area contributed by atoms with Crippen molar-refractivity contribution >= 4 is 17.5 Å². The minimum Gasteiger partial charge on any atom is -0.484 e. The summed E-state index contributed by atoms with van der Waals surface area (Å²) in [4.78, 5) is 16.4. The molecule has 1 aromatic carbocycles. The number of amides is 1. The number of allylic oxidation sites excluding steroid dienone is 2. The first-order chi connectivity index (χ1) is 16.3. The largest absolute Gasteiger partial charge is 0.484 e. The number of nitrogens with one attached hydrogen (secondary N) is 1. The molecule has 0 radical (unpaired) electrons. The van der Waals surface area contributed by atoms with Gasteiger partial charge in [0.1, 0.15) is 17.3 Å². The third-order valence-electron chi connectivity index (χ3n) is 5.14. The Hall–Kier alpha value is -3.66. The van der Waals surface area contributed by atoms with Gasteiger partial charge in [-0.2, -0.15) is 0 Å². The van der Waals surface area contributed by atoms with E-state index in [1.807, 2.05) is 19.9 Å². The molecule has 0 bridgehead atoms. The molecule has 0 spiro atoms. The van der Waals surface area contributed by atoms with Gasteiger partial charge in [-0.3, -0.25) is 4.79 Å². The van der Waals surface area contributed by atoms with E-state index in [0.717, 1.165) is 6.07 Å². The molecule has 0 saturated heterocycles. The predicted octanol–water partition coefficient (Wildman–Crippen LogP) is 3.89. The number of hydrogen-bond donors (Lipinski definition) is 1. The van der Waals surface area contributed by atoms with Gasteiger partial charge in [-0.15, -0.1) is 10.2 Å². The predicted molar refractivity (Wildman–Crippen MR) is 119 cm³/mol. The number of carbonyl (C=O) groups excluding carboxylic acids is 1. The summed E-state index contributed by atoms with van der Waals surface area (Å²) < 4.78 is 35.3. The van der Waals surface area contributed by atoms with Crippen LogP contribution in [0.15, 0.2) is 46.5 Å². The monoisotopic (exact) mass is 488 g/mol. The lowest BCUT2D eigenvalue weighted by atomic mass is 9.75. The number of pyridine rings is 1. The van der Waals surface area contributed by atoms with Gasteiger partial charge < -0.3 is 23.9 Å². The van der Waals surface area contributed by atoms with E-state index in [-0.39, 0.29) is 29.9 Å². The molecule has 1 atom stereocenters. The van der Waals surface area contributed by atoms with Gasteiger partial charge >= 0.3 is 0 Å². The molecule has 0 fully saturated rings. The fourth-order valence-electron chi connectivity index (χ4n) is 3.37. The first kappa shape index (κ1) is 23.5. The number of hydrogen-bond acceptors (Lipinski definition) is 8. The molecular weight excluding hydrogens is 467 g/mol. The van der Waals surface area contributed by atoms with Crippen molar-refractivity contribution in [3.8, 4) is 17.4 Å². The average Bonchev–Trinajstić information content (AvgIpc) is 3.27. The van der Waals surface area contributed by atoms with Crippen LogP contribution in [-0.2, 0) is 16.8 Å². The van der Waals surface area contributed by atoms with Crippen LogP contribution in [0.4, 0.5) is 4.39 Å². The summed E-state index contributed by atoms with van der Waals surface area (Å²) in [6.07, 6.45) is 2.33. The number of aryl methyl sites for hydroxylation is 1. The summed E-state index contributed by atoms with van der Waals surface area (Å²) in [6, 6.07) is 7.44. The number of aromatic nitrogens is 3. The number of nitrogens with zero attached hydrogens (tertiary/aromatic N) is 3. The molecule has 1 amide bonds. The maximum Gasteiger partial charge on any atom is 0.262 e. The first-order valence-electron chi connectivity index (χ1n) is 10.3. The Morgan fingerprint density at radius 1 is 1.26 bits per heavy atom. The Bertz CT molecular complexity index is 1250. The molecule has 4 rings (SSSR count). The topological polar surface area (TPSA) is 109 Å². The fraction of sp³-hybridized carbons (Fsp3) is 0.304. The fourth-order valence-corrected chi connectivity index (χ4v) is 3.49. The standard InChI is InChI=1S/C23H22ClFN4O5/c1-13-18(6-7-20(26-13)31-3)33-12-21-28-29-22(34-21)23(2)9-14(10-23)27-19(30)11-32-15-4-5-16(24)17(25)8-15/h4-9H,10-12H2,1-3H3,(H,27,30). The Labute approximate surface area is 199 Å². The summed E-state index contributed by atoms with van der Waals surface area (Å²) >= 11 is 5.63. The summed E-state index contributed by atoms with van der Waals surface area (Å²) in [5, 5.41) is 10.9. The van der Waals surface area contributed by atoms with Gasteiger partial charge in [0, 0.05) is 24.3 Å². The minimum atomic E-state index is -0.614. The van der Waals surface area contributed by atoms with E-state index in [4.69, 9.17) is 30.2 Å². The van der Waals surface area contributed by atoms with Crippen molar-refractivity contribution < 1.29 is 27.8 Å². The second-order valence-corrected chi connectivity index (χ2v) is 8.31. The Morgan fingerprint density at radius 3 is 2.76 bits per heavy atom. The van der Waals surface area contributed by atoms with E-state index in [9.17, 15) is 9.18 Å². The summed E-state index contributed by atoms with van der Waals surface area (Å²) in [5.74, 6) is 1.06. The van der Waals surface area contributed by atoms with Crippen LogP contribution in [0.3, 0.4) is 0 Å². The third kappa shape index (κ3) is 5.28. The molecule has 3 aromatic rings. The molecule has 2 aromatic heterocycles. The van der Waals surface area contributed by atoms with Gasteiger partial charge in [0.2, 0.25) is 11.8 Å². The van der Waals surface area contributed by atoms with E-state index in [1.54, 1.807) is 19.2 Å². The zero-order valence-electron chi connectivity index (χ0n) is 18.7. The summed E-state index contributed by atoms with van der Waals surface area (Å²) in [7, 11) is 1.55. The Balaban J connectivity index is 1.28. The van der Waals surface area contributed by atoms with Crippen molar-refractivity contribution in [3.63, 3.8) is 0 Å². The van der Waals surface area contributed by atoms with Gasteiger partial charge in [-0.05, 0) is 38.1 Å². The van der Waals surface area contributed by atoms with E-state index in [1.165, 1.54) is 12.1 Å². The van der Waals surface area contributed by atoms with Gasteiger partial charge in [0.05, 0.1) is 23.2 Å². The number of carbonyl (C=O) groups is 1. The lowest BCUT2D eigenvalue weighted by Gasteiger charge is -2.33. The molecule has 1 aliphatic carbocycles. The molecule has 11 heteroatoms. The van der Waals surface area contributed by atoms with Crippen molar-refractivity contribution in [2.24, 2.45) is 0 Å². The highest BCUT2D eigenvalue weighted by Gasteiger charge is 2.39. The Morgan fingerprint density at radius 2 is 2.06 bits per heavy atom. The normalized spacial score (nSPS) is 16.9. The molecule has 1 unspecified atom stereocenters. The van der Waals surface area contributed by atoms with Crippen molar-refractivity contribution in [1.82, 2.24) is 20.5 Å². The van der Waals surface area contributed by atoms with E-state index < -0.39 is 11.2 Å². The number of methoxy groups -OCH3 is 1. The highest BCUT2D eigenvalue weighted by Crippen LogP contribution is 2.39. The van der Waals surface area contributed by atoms with Crippen LogP contribution in [0.5, 0.6) is 17.4 Å². The van der Waals surface area contributed by atoms with Crippen LogP contribution in [0, 0.1) is 12.7 Å². The van der Waals surface area contributed by atoms with E-state index in [2.05, 4.69) is 20.5 Å². The number of halogens is 2. The quantitative estimate of drug-likeness (QED) is 0.483. The van der Waals surface area contributed by atoms with Crippen molar-refractivity contribution in [3.05, 3.63) is 70.4 Å². The number of benzene rings is 1. The average molecular weight is 489 g/mol. The Kier molecular flexibility index (Phi) is 6.69. The number of ether oxygens (including phenoxy) is 3. The maximum atomic E-state index is 13.4. The van der Waals surface area contributed by atoms with Crippen molar-refractivity contribution in [2.45, 2.75) is 32.3 Å². The minimum absolute atomic E-state index is 0.0145. The third-order valence-corrected chi connectivity index (χ3v) is 5.45. The summed E-state index contributed by atoms with van der Waals surface area (Å²) in [6.45, 7) is 3.56. The van der Waals surface area contributed by atoms with Gasteiger partial charge in [0.25, 0.3) is 11.8 Å². The molecule has 34 heavy (non-hydrogen) atoms. The van der Waals surface area contributed by atoms with Crippen LogP contribution >= 0.6 is 11.6 Å². The SMILES string of the molecule is COc1ccc(OCc2nnc(C3(C)C=C(NC(=O)COc4ccc(Cl)c(F)c4)C3)o2)c(C)n1. The molecule has 1 N–H and O–H groups in total. The zero-order chi connectivity index (χ0) is 24.3. The molecular formula is C23H22ClFN4O5. The van der Waals surface area contributed by atoms with Crippen molar-refractivity contribution in [1.29, 1.82) is 0 Å². The first-order valence-corrected chi connectivity index (χ1v) is 10.7. The van der Waals surface area contributed by atoms with Crippen LogP contribution in [0.25, 0.3) is 0 Å². The zero-order valence-corrected chi connectivity index (χ0v) is 19.5. The van der Waals surface area contributed by atoms with Crippen LogP contribution in [0.2, 0.25) is 5.02 Å². The molecule has 0 aliphatic heterocycles. The molecule has 2 heterocycles. The highest BCUT2D eigenvalue weighted by atomic mass is 35.5. The lowest BCUT2D eigenvalue weighted by Crippen LogP contribution is -2.39. The van der Waals surface area contributed by atoms with Crippen LogP contribution in [-0.4, -0.2) is 34.8 Å². The van der Waals surface area contributed by atoms with Crippen LogP contribution < -0.4 is 19.5 Å². The lowest BCUT2D eigenvalue weighted by molar-refractivity contribution is -0.122. The van der Waals surface area contributed by atoms with Gasteiger partial charge in [-0.25, -0.2) is 9.37 Å². The molecule has 1 aliphatic rings. The number of rotatable bonds is 9. The van der Waals surface area contributed by atoms with Crippen molar-refractivity contribution in [2.75, 3.05) is 13.7 Å². The molecule has 178 valence electrons. The summed E-state index contributed by atoms with van der Waals surface area (Å²) in [5.41, 5.74) is 0.874. The van der Waals surface area contributed by atoms with E-state index >= 15 is 0 Å². The van der Waals surface area contributed by atoms with Gasteiger partial charge in [0.15, 0.2) is 13.2 Å². The van der Waals surface area contributed by atoms with Gasteiger partial charge in [-0.1, -0.05) is 11.6 Å². The molecule has 9 nitrogen and oxygen atoms in total. The van der Waals surface area contributed by atoms with E-state index in [0.29, 0.717) is 41.2 Å². The van der Waals surface area contributed by atoms with Crippen LogP contribution in [0.1, 0.15) is 30.8 Å².